The molecule has 0 aromatic heterocycles. The minimum atomic E-state index is 0.107. The van der Waals surface area contributed by atoms with Gasteiger partial charge in [-0.1, -0.05) is 0 Å². The maximum Gasteiger partial charge on any atom is 0.225 e. The lowest BCUT2D eigenvalue weighted by Crippen LogP contribution is -2.42. The average molecular weight is 212 g/mol. The Kier molecular flexibility index (Phi) is 3.97. The Labute approximate surface area is 90.8 Å². The molecule has 0 aromatic carbocycles. The van der Waals surface area contributed by atoms with Gasteiger partial charge in [0.05, 0.1) is 12.5 Å². The third-order valence-electron chi connectivity index (χ3n) is 3.25. The first-order valence-electron chi connectivity index (χ1n) is 5.92. The second kappa shape index (κ2) is 5.47. The summed E-state index contributed by atoms with van der Waals surface area (Å²) in [6, 6.07) is 0. The van der Waals surface area contributed by atoms with Crippen LogP contribution in [0.15, 0.2) is 0 Å². The lowest BCUT2D eigenvalue weighted by atomic mass is 9.97. The van der Waals surface area contributed by atoms with Gasteiger partial charge in [0.2, 0.25) is 5.91 Å². The summed E-state index contributed by atoms with van der Waals surface area (Å²) in [6.07, 6.45) is 3.22. The normalized spacial score (nSPS) is 26.3. The molecule has 86 valence electrons. The number of hydrogen-bond donors (Lipinski definition) is 2. The molecule has 2 N–H and O–H groups in total. The van der Waals surface area contributed by atoms with Crippen LogP contribution in [-0.2, 0) is 9.53 Å². The first-order valence-corrected chi connectivity index (χ1v) is 5.92. The van der Waals surface area contributed by atoms with E-state index in [0.717, 1.165) is 45.0 Å². The van der Waals surface area contributed by atoms with Crippen LogP contribution in [-0.4, -0.2) is 38.8 Å². The summed E-state index contributed by atoms with van der Waals surface area (Å²) in [5.74, 6) is 1.13. The Morgan fingerprint density at radius 2 is 2.33 bits per heavy atom. The number of carbonyl (C=O) groups excluding carboxylic acids is 1. The molecule has 2 aliphatic heterocycles. The van der Waals surface area contributed by atoms with Gasteiger partial charge >= 0.3 is 0 Å². The van der Waals surface area contributed by atoms with E-state index in [1.54, 1.807) is 0 Å². The molecule has 4 heteroatoms. The molecule has 0 aromatic rings. The molecule has 0 aliphatic carbocycles. The molecule has 1 unspecified atom stereocenters. The lowest BCUT2D eigenvalue weighted by Gasteiger charge is -2.26. The van der Waals surface area contributed by atoms with Crippen molar-refractivity contribution in [3.05, 3.63) is 0 Å². The van der Waals surface area contributed by atoms with Crippen LogP contribution in [0.5, 0.6) is 0 Å². The molecule has 2 rings (SSSR count). The fourth-order valence-corrected chi connectivity index (χ4v) is 2.04. The third kappa shape index (κ3) is 3.18. The fraction of sp³-hybridized carbons (Fsp3) is 0.909. The van der Waals surface area contributed by atoms with Crippen LogP contribution < -0.4 is 10.6 Å². The number of rotatable bonds is 5. The summed E-state index contributed by atoms with van der Waals surface area (Å²) in [6.45, 7) is 4.49. The SMILES string of the molecule is O=C(NCCCC1CNC1)C1CCOC1. The van der Waals surface area contributed by atoms with E-state index in [0.29, 0.717) is 6.61 Å². The lowest BCUT2D eigenvalue weighted by molar-refractivity contribution is -0.124. The summed E-state index contributed by atoms with van der Waals surface area (Å²) in [5, 5.41) is 6.24. The van der Waals surface area contributed by atoms with Crippen molar-refractivity contribution in [1.29, 1.82) is 0 Å². The number of amides is 1. The standard InChI is InChI=1S/C11H20N2O2/c14-11(10-3-5-15-8-10)13-4-1-2-9-6-12-7-9/h9-10,12H,1-8H2,(H,13,14). The van der Waals surface area contributed by atoms with Crippen LogP contribution in [0.4, 0.5) is 0 Å². The molecule has 2 saturated heterocycles. The molecule has 2 aliphatic rings. The van der Waals surface area contributed by atoms with Crippen molar-refractivity contribution in [2.24, 2.45) is 11.8 Å². The average Bonchev–Trinajstić information content (AvgIpc) is 2.67. The molecule has 4 nitrogen and oxygen atoms in total. The Bertz CT molecular complexity index is 211. The van der Waals surface area contributed by atoms with E-state index in [1.807, 2.05) is 0 Å². The van der Waals surface area contributed by atoms with Gasteiger partial charge in [-0.3, -0.25) is 4.79 Å². The van der Waals surface area contributed by atoms with Gasteiger partial charge in [0.15, 0.2) is 0 Å². The largest absolute Gasteiger partial charge is 0.381 e. The van der Waals surface area contributed by atoms with Crippen LogP contribution in [0.3, 0.4) is 0 Å². The second-order valence-corrected chi connectivity index (χ2v) is 4.52. The zero-order valence-electron chi connectivity index (χ0n) is 9.13. The minimum Gasteiger partial charge on any atom is -0.381 e. The first-order chi connectivity index (χ1) is 7.36. The smallest absolute Gasteiger partial charge is 0.225 e. The third-order valence-corrected chi connectivity index (χ3v) is 3.25. The van der Waals surface area contributed by atoms with Crippen LogP contribution in [0.2, 0.25) is 0 Å². The van der Waals surface area contributed by atoms with E-state index in [9.17, 15) is 4.79 Å². The molecule has 1 atom stereocenters. The summed E-state index contributed by atoms with van der Waals surface area (Å²) in [5.41, 5.74) is 0. The minimum absolute atomic E-state index is 0.107. The summed E-state index contributed by atoms with van der Waals surface area (Å²) in [7, 11) is 0. The first kappa shape index (κ1) is 10.9. The van der Waals surface area contributed by atoms with Gasteiger partial charge in [0.1, 0.15) is 0 Å². The second-order valence-electron chi connectivity index (χ2n) is 4.52. The van der Waals surface area contributed by atoms with Crippen molar-refractivity contribution in [2.45, 2.75) is 19.3 Å². The molecule has 2 heterocycles. The van der Waals surface area contributed by atoms with Crippen molar-refractivity contribution in [2.75, 3.05) is 32.8 Å². The highest BCUT2D eigenvalue weighted by molar-refractivity contribution is 5.78. The van der Waals surface area contributed by atoms with Crippen LogP contribution >= 0.6 is 0 Å². The molecule has 1 amide bonds. The molecule has 2 fully saturated rings. The number of carbonyl (C=O) groups is 1. The van der Waals surface area contributed by atoms with Gasteiger partial charge < -0.3 is 15.4 Å². The highest BCUT2D eigenvalue weighted by Crippen LogP contribution is 2.13. The Morgan fingerprint density at radius 3 is 2.93 bits per heavy atom. The molecule has 15 heavy (non-hydrogen) atoms. The maximum absolute atomic E-state index is 11.6. The monoisotopic (exact) mass is 212 g/mol. The van der Waals surface area contributed by atoms with Gasteiger partial charge in [-0.05, 0) is 38.3 Å². The van der Waals surface area contributed by atoms with E-state index in [1.165, 1.54) is 6.42 Å². The summed E-state index contributed by atoms with van der Waals surface area (Å²) < 4.78 is 5.18. The van der Waals surface area contributed by atoms with Crippen molar-refractivity contribution in [3.63, 3.8) is 0 Å². The predicted octanol–water partition coefficient (Wildman–Crippen LogP) is 0.139. The van der Waals surface area contributed by atoms with E-state index in [4.69, 9.17) is 4.74 Å². The molecular weight excluding hydrogens is 192 g/mol. The van der Waals surface area contributed by atoms with Gasteiger partial charge in [-0.2, -0.15) is 0 Å². The van der Waals surface area contributed by atoms with Gasteiger partial charge in [-0.25, -0.2) is 0 Å². The maximum atomic E-state index is 11.6. The molecule has 0 spiro atoms. The predicted molar refractivity (Wildman–Crippen MR) is 57.5 cm³/mol. The quantitative estimate of drug-likeness (QED) is 0.637. The van der Waals surface area contributed by atoms with E-state index in [2.05, 4.69) is 10.6 Å². The van der Waals surface area contributed by atoms with E-state index in [-0.39, 0.29) is 11.8 Å². The van der Waals surface area contributed by atoms with Crippen LogP contribution in [0, 0.1) is 11.8 Å². The van der Waals surface area contributed by atoms with Crippen LogP contribution in [0.25, 0.3) is 0 Å². The van der Waals surface area contributed by atoms with Crippen molar-refractivity contribution < 1.29 is 9.53 Å². The highest BCUT2D eigenvalue weighted by Gasteiger charge is 2.23. The van der Waals surface area contributed by atoms with Gasteiger partial charge in [-0.15, -0.1) is 0 Å². The van der Waals surface area contributed by atoms with Gasteiger partial charge in [0, 0.05) is 13.2 Å². The van der Waals surface area contributed by atoms with Gasteiger partial charge in [0.25, 0.3) is 0 Å². The molecular formula is C11H20N2O2. The zero-order valence-corrected chi connectivity index (χ0v) is 9.13. The van der Waals surface area contributed by atoms with E-state index < -0.39 is 0 Å². The van der Waals surface area contributed by atoms with E-state index >= 15 is 0 Å². The number of nitrogens with one attached hydrogen (secondary N) is 2. The number of ether oxygens (including phenoxy) is 1. The zero-order chi connectivity index (χ0) is 10.5. The molecule has 0 radical (unpaired) electrons. The molecule has 0 saturated carbocycles. The molecule has 0 bridgehead atoms. The fourth-order valence-electron chi connectivity index (χ4n) is 2.04. The highest BCUT2D eigenvalue weighted by atomic mass is 16.5. The Balaban J connectivity index is 1.50. The van der Waals surface area contributed by atoms with Crippen molar-refractivity contribution in [3.8, 4) is 0 Å². The Hall–Kier alpha value is -0.610. The Morgan fingerprint density at radius 1 is 1.47 bits per heavy atom. The van der Waals surface area contributed by atoms with Crippen molar-refractivity contribution >= 4 is 5.91 Å². The number of hydrogen-bond acceptors (Lipinski definition) is 3. The van der Waals surface area contributed by atoms with Crippen molar-refractivity contribution in [1.82, 2.24) is 10.6 Å². The van der Waals surface area contributed by atoms with Crippen LogP contribution in [0.1, 0.15) is 19.3 Å². The topological polar surface area (TPSA) is 50.4 Å². The summed E-state index contributed by atoms with van der Waals surface area (Å²) >= 11 is 0. The summed E-state index contributed by atoms with van der Waals surface area (Å²) in [4.78, 5) is 11.6.